The third kappa shape index (κ3) is 3.55. The van der Waals surface area contributed by atoms with Crippen LogP contribution in [0.3, 0.4) is 0 Å². The van der Waals surface area contributed by atoms with Crippen molar-refractivity contribution in [1.29, 1.82) is 0 Å². The zero-order valence-corrected chi connectivity index (χ0v) is 13.3. The average Bonchev–Trinajstić information content (AvgIpc) is 2.48. The lowest BCUT2D eigenvalue weighted by Gasteiger charge is -2.34. The molecular weight excluding hydrogens is 314 g/mol. The van der Waals surface area contributed by atoms with Crippen LogP contribution in [-0.2, 0) is 14.8 Å². The van der Waals surface area contributed by atoms with Crippen molar-refractivity contribution in [3.8, 4) is 0 Å². The fourth-order valence-corrected chi connectivity index (χ4v) is 4.15. The number of piperazine rings is 1. The molecule has 1 aromatic rings. The highest BCUT2D eigenvalue weighted by atomic mass is 35.5. The average molecular weight is 332 g/mol. The molecule has 1 aromatic carbocycles. The predicted molar refractivity (Wildman–Crippen MR) is 80.7 cm³/mol. The Balaban J connectivity index is 2.08. The molecule has 0 atom stereocenters. The zero-order valence-electron chi connectivity index (χ0n) is 11.8. The highest BCUT2D eigenvalue weighted by Gasteiger charge is 2.30. The molecule has 0 bridgehead atoms. The van der Waals surface area contributed by atoms with Crippen LogP contribution in [0, 0.1) is 0 Å². The fraction of sp³-hybridized carbons (Fsp3) is 0.462. The number of nitrogens with one attached hydrogen (secondary N) is 1. The molecule has 21 heavy (non-hydrogen) atoms. The lowest BCUT2D eigenvalue weighted by atomic mass is 10.3. The molecule has 8 heteroatoms. The van der Waals surface area contributed by atoms with Crippen LogP contribution >= 0.6 is 11.6 Å². The van der Waals surface area contributed by atoms with Gasteiger partial charge in [0.1, 0.15) is 4.90 Å². The van der Waals surface area contributed by atoms with E-state index >= 15 is 0 Å². The second kappa shape index (κ2) is 6.74. The number of hydrogen-bond donors (Lipinski definition) is 1. The van der Waals surface area contributed by atoms with Gasteiger partial charge in [0, 0.05) is 26.2 Å². The van der Waals surface area contributed by atoms with Gasteiger partial charge in [-0.3, -0.25) is 4.79 Å². The van der Waals surface area contributed by atoms with Gasteiger partial charge in [-0.05, 0) is 19.2 Å². The number of rotatable bonds is 4. The predicted octanol–water partition coefficient (Wildman–Crippen LogP) is 0.392. The normalized spacial score (nSPS) is 17.0. The number of nitrogens with zero attached hydrogens (tertiary/aromatic N) is 2. The van der Waals surface area contributed by atoms with Crippen LogP contribution in [-0.4, -0.2) is 63.3 Å². The summed E-state index contributed by atoms with van der Waals surface area (Å²) in [7, 11) is -1.90. The molecule has 1 fully saturated rings. The Morgan fingerprint density at radius 3 is 2.43 bits per heavy atom. The second-order valence-electron chi connectivity index (χ2n) is 4.75. The maximum Gasteiger partial charge on any atom is 0.244 e. The summed E-state index contributed by atoms with van der Waals surface area (Å²) < 4.78 is 26.4. The van der Waals surface area contributed by atoms with Crippen LogP contribution in [0.4, 0.5) is 0 Å². The summed E-state index contributed by atoms with van der Waals surface area (Å²) >= 11 is 5.97. The van der Waals surface area contributed by atoms with Gasteiger partial charge in [0.05, 0.1) is 11.6 Å². The fourth-order valence-electron chi connectivity index (χ4n) is 2.23. The van der Waals surface area contributed by atoms with Crippen molar-refractivity contribution in [2.45, 2.75) is 4.90 Å². The number of likely N-dealkylation sites (N-methyl/N-ethyl adjacent to an activating group) is 1. The van der Waals surface area contributed by atoms with Crippen molar-refractivity contribution < 1.29 is 13.2 Å². The molecule has 0 spiro atoms. The van der Waals surface area contributed by atoms with E-state index < -0.39 is 10.0 Å². The van der Waals surface area contributed by atoms with Gasteiger partial charge in [-0.15, -0.1) is 0 Å². The standard InChI is InChI=1S/C13H18ClN3O3S/c1-15-10-13(18)16-6-8-17(9-7-16)21(19,20)12-5-3-2-4-11(12)14/h2-5,15H,6-10H2,1H3. The van der Waals surface area contributed by atoms with E-state index in [4.69, 9.17) is 11.6 Å². The molecule has 116 valence electrons. The van der Waals surface area contributed by atoms with Crippen LogP contribution in [0.5, 0.6) is 0 Å². The van der Waals surface area contributed by atoms with Gasteiger partial charge in [-0.1, -0.05) is 23.7 Å². The summed E-state index contributed by atoms with van der Waals surface area (Å²) in [5, 5.41) is 3.01. The lowest BCUT2D eigenvalue weighted by Crippen LogP contribution is -2.52. The first-order valence-corrected chi connectivity index (χ1v) is 8.45. The topological polar surface area (TPSA) is 69.7 Å². The molecular formula is C13H18ClN3O3S. The van der Waals surface area contributed by atoms with Crippen molar-refractivity contribution in [1.82, 2.24) is 14.5 Å². The van der Waals surface area contributed by atoms with E-state index in [1.807, 2.05) is 0 Å². The van der Waals surface area contributed by atoms with Gasteiger partial charge in [-0.25, -0.2) is 8.42 Å². The van der Waals surface area contributed by atoms with Crippen molar-refractivity contribution in [3.05, 3.63) is 29.3 Å². The smallest absolute Gasteiger partial charge is 0.244 e. The summed E-state index contributed by atoms with van der Waals surface area (Å²) in [5.41, 5.74) is 0. The number of carbonyl (C=O) groups is 1. The van der Waals surface area contributed by atoms with Crippen LogP contribution in [0.2, 0.25) is 5.02 Å². The van der Waals surface area contributed by atoms with Gasteiger partial charge in [-0.2, -0.15) is 4.31 Å². The third-order valence-corrected chi connectivity index (χ3v) is 5.77. The molecule has 1 aliphatic heterocycles. The summed E-state index contributed by atoms with van der Waals surface area (Å²) in [6.07, 6.45) is 0. The molecule has 1 aliphatic rings. The highest BCUT2D eigenvalue weighted by molar-refractivity contribution is 7.89. The molecule has 0 saturated carbocycles. The SMILES string of the molecule is CNCC(=O)N1CCN(S(=O)(=O)c2ccccc2Cl)CC1. The van der Waals surface area contributed by atoms with Crippen LogP contribution < -0.4 is 5.32 Å². The summed E-state index contributed by atoms with van der Waals surface area (Å²) in [6, 6.07) is 6.39. The van der Waals surface area contributed by atoms with Crippen LogP contribution in [0.15, 0.2) is 29.2 Å². The second-order valence-corrected chi connectivity index (χ2v) is 7.06. The molecule has 0 aromatic heterocycles. The van der Waals surface area contributed by atoms with Gasteiger partial charge < -0.3 is 10.2 Å². The summed E-state index contributed by atoms with van der Waals surface area (Å²) in [6.45, 7) is 1.61. The van der Waals surface area contributed by atoms with Gasteiger partial charge in [0.2, 0.25) is 15.9 Å². The van der Waals surface area contributed by atoms with Gasteiger partial charge in [0.25, 0.3) is 0 Å². The number of carbonyl (C=O) groups excluding carboxylic acids is 1. The summed E-state index contributed by atoms with van der Waals surface area (Å²) in [5.74, 6) is -0.0210. The van der Waals surface area contributed by atoms with Crippen molar-refractivity contribution >= 4 is 27.5 Å². The molecule has 0 radical (unpaired) electrons. The molecule has 1 heterocycles. The van der Waals surface area contributed by atoms with E-state index in [-0.39, 0.29) is 35.5 Å². The quantitative estimate of drug-likeness (QED) is 0.866. The number of amides is 1. The Hall–Kier alpha value is -1.15. The Kier molecular flexibility index (Phi) is 5.21. The zero-order chi connectivity index (χ0) is 15.5. The number of sulfonamides is 1. The molecule has 0 unspecified atom stereocenters. The Labute approximate surface area is 129 Å². The van der Waals surface area contributed by atoms with E-state index in [1.54, 1.807) is 30.1 Å². The van der Waals surface area contributed by atoms with Crippen LogP contribution in [0.1, 0.15) is 0 Å². The molecule has 0 aliphatic carbocycles. The van der Waals surface area contributed by atoms with Gasteiger partial charge in [0.15, 0.2) is 0 Å². The monoisotopic (exact) mass is 331 g/mol. The largest absolute Gasteiger partial charge is 0.339 e. The number of benzene rings is 1. The number of hydrogen-bond acceptors (Lipinski definition) is 4. The molecule has 1 N–H and O–H groups in total. The Bertz CT molecular complexity index is 613. The van der Waals surface area contributed by atoms with Gasteiger partial charge >= 0.3 is 0 Å². The highest BCUT2D eigenvalue weighted by Crippen LogP contribution is 2.24. The van der Waals surface area contributed by atoms with E-state index in [0.29, 0.717) is 13.1 Å². The molecule has 1 saturated heterocycles. The minimum absolute atomic E-state index is 0.0210. The molecule has 2 rings (SSSR count). The minimum Gasteiger partial charge on any atom is -0.339 e. The first-order valence-electron chi connectivity index (χ1n) is 6.64. The van der Waals surface area contributed by atoms with Crippen molar-refractivity contribution in [2.24, 2.45) is 0 Å². The molecule has 1 amide bonds. The lowest BCUT2D eigenvalue weighted by molar-refractivity contribution is -0.131. The number of halogens is 1. The Morgan fingerprint density at radius 1 is 1.24 bits per heavy atom. The third-order valence-electron chi connectivity index (χ3n) is 3.37. The van der Waals surface area contributed by atoms with Crippen LogP contribution in [0.25, 0.3) is 0 Å². The Morgan fingerprint density at radius 2 is 1.86 bits per heavy atom. The van der Waals surface area contributed by atoms with E-state index in [0.717, 1.165) is 0 Å². The summed E-state index contributed by atoms with van der Waals surface area (Å²) in [4.78, 5) is 13.5. The van der Waals surface area contributed by atoms with Crippen molar-refractivity contribution in [2.75, 3.05) is 39.8 Å². The van der Waals surface area contributed by atoms with E-state index in [1.165, 1.54) is 10.4 Å². The first kappa shape index (κ1) is 16.2. The van der Waals surface area contributed by atoms with E-state index in [9.17, 15) is 13.2 Å². The maximum absolute atomic E-state index is 12.5. The van der Waals surface area contributed by atoms with Crippen molar-refractivity contribution in [3.63, 3.8) is 0 Å². The molecule has 6 nitrogen and oxygen atoms in total. The van der Waals surface area contributed by atoms with E-state index in [2.05, 4.69) is 5.32 Å². The first-order chi connectivity index (χ1) is 9.96. The minimum atomic E-state index is -3.61. The maximum atomic E-state index is 12.5.